The number of benzene rings is 1. The van der Waals surface area contributed by atoms with E-state index in [1.165, 1.54) is 6.07 Å². The molecule has 21 heavy (non-hydrogen) atoms. The van der Waals surface area contributed by atoms with Crippen LogP contribution in [-0.2, 0) is 19.6 Å². The van der Waals surface area contributed by atoms with Gasteiger partial charge in [0.25, 0.3) is 0 Å². The molecule has 1 fully saturated rings. The van der Waals surface area contributed by atoms with Crippen LogP contribution in [0.15, 0.2) is 27.6 Å². The number of carbonyl (C=O) groups excluding carboxylic acids is 1. The van der Waals surface area contributed by atoms with Gasteiger partial charge in [-0.2, -0.15) is 4.31 Å². The summed E-state index contributed by atoms with van der Waals surface area (Å²) in [7, 11) is -3.88. The van der Waals surface area contributed by atoms with E-state index in [2.05, 4.69) is 15.9 Å². The monoisotopic (exact) mass is 379 g/mol. The number of ether oxygens (including phenoxy) is 1. The van der Waals surface area contributed by atoms with Crippen LogP contribution in [0.5, 0.6) is 0 Å². The molecule has 0 aliphatic heterocycles. The van der Waals surface area contributed by atoms with Crippen molar-refractivity contribution in [2.75, 3.05) is 13.2 Å². The smallest absolute Gasteiger partial charge is 0.321 e. The number of sulfonamides is 1. The van der Waals surface area contributed by atoms with Crippen LogP contribution >= 0.6 is 15.9 Å². The molecule has 5 nitrogen and oxygen atoms in total. The van der Waals surface area contributed by atoms with Gasteiger partial charge < -0.3 is 4.74 Å². The van der Waals surface area contributed by atoms with Gasteiger partial charge in [0.15, 0.2) is 0 Å². The second-order valence-corrected chi connectivity index (χ2v) is 7.37. The van der Waals surface area contributed by atoms with Crippen molar-refractivity contribution in [1.82, 2.24) is 4.31 Å². The second-order valence-electron chi connectivity index (χ2n) is 4.66. The molecule has 0 bridgehead atoms. The summed E-state index contributed by atoms with van der Waals surface area (Å²) in [5.41, 5.74) is 0. The highest BCUT2D eigenvalue weighted by Gasteiger charge is 2.40. The largest absolute Gasteiger partial charge is 0.465 e. The van der Waals surface area contributed by atoms with Crippen molar-refractivity contribution in [2.45, 2.75) is 30.7 Å². The van der Waals surface area contributed by atoms with Gasteiger partial charge in [0, 0.05) is 10.5 Å². The number of nitrogens with zero attached hydrogens (tertiary/aromatic N) is 1. The first-order valence-electron chi connectivity index (χ1n) is 6.48. The summed E-state index contributed by atoms with van der Waals surface area (Å²) in [6.45, 7) is 1.52. The van der Waals surface area contributed by atoms with Gasteiger partial charge in [-0.25, -0.2) is 12.8 Å². The van der Waals surface area contributed by atoms with Gasteiger partial charge in [-0.1, -0.05) is 0 Å². The maximum Gasteiger partial charge on any atom is 0.321 e. The molecule has 0 atom stereocenters. The lowest BCUT2D eigenvalue weighted by Crippen LogP contribution is -2.38. The van der Waals surface area contributed by atoms with Gasteiger partial charge >= 0.3 is 5.97 Å². The van der Waals surface area contributed by atoms with E-state index in [4.69, 9.17) is 4.74 Å². The third-order valence-corrected chi connectivity index (χ3v) is 5.90. The Morgan fingerprint density at radius 2 is 2.14 bits per heavy atom. The van der Waals surface area contributed by atoms with Crippen molar-refractivity contribution in [2.24, 2.45) is 0 Å². The highest BCUT2D eigenvalue weighted by atomic mass is 79.9. The minimum Gasteiger partial charge on any atom is -0.465 e. The van der Waals surface area contributed by atoms with E-state index in [-0.39, 0.29) is 28.6 Å². The SMILES string of the molecule is CCOC(=O)CN(C1CC1)S(=O)(=O)c1ccc(F)cc1Br. The molecule has 1 saturated carbocycles. The minimum atomic E-state index is -3.88. The van der Waals surface area contributed by atoms with E-state index in [0.29, 0.717) is 12.8 Å². The number of esters is 1. The number of rotatable bonds is 6. The standard InChI is InChI=1S/C13H15BrFNO4S/c1-2-20-13(17)8-16(10-4-5-10)21(18,19)12-6-3-9(15)7-11(12)14/h3,6-7,10H,2,4-5,8H2,1H3. The van der Waals surface area contributed by atoms with Crippen LogP contribution in [0.3, 0.4) is 0 Å². The summed E-state index contributed by atoms with van der Waals surface area (Å²) < 4.78 is 44.5. The van der Waals surface area contributed by atoms with Gasteiger partial charge in [0.2, 0.25) is 10.0 Å². The summed E-state index contributed by atoms with van der Waals surface area (Å²) in [6, 6.07) is 3.15. The molecule has 1 aliphatic carbocycles. The van der Waals surface area contributed by atoms with Gasteiger partial charge in [0.05, 0.1) is 11.5 Å². The first kappa shape index (κ1) is 16.4. The zero-order chi connectivity index (χ0) is 15.6. The highest BCUT2D eigenvalue weighted by molar-refractivity contribution is 9.10. The van der Waals surface area contributed by atoms with E-state index >= 15 is 0 Å². The maximum absolute atomic E-state index is 13.1. The Balaban J connectivity index is 2.31. The maximum atomic E-state index is 13.1. The minimum absolute atomic E-state index is 0.0555. The molecule has 0 amide bonds. The fourth-order valence-electron chi connectivity index (χ4n) is 1.92. The highest BCUT2D eigenvalue weighted by Crippen LogP contribution is 2.34. The Morgan fingerprint density at radius 3 is 2.67 bits per heavy atom. The molecule has 0 saturated heterocycles. The molecule has 1 aromatic rings. The molecule has 0 unspecified atom stereocenters. The quantitative estimate of drug-likeness (QED) is 0.711. The first-order valence-corrected chi connectivity index (χ1v) is 8.72. The number of hydrogen-bond donors (Lipinski definition) is 0. The Bertz CT molecular complexity index is 646. The van der Waals surface area contributed by atoms with Crippen LogP contribution in [0.4, 0.5) is 4.39 Å². The molecule has 1 aromatic carbocycles. The molecule has 0 heterocycles. The normalized spacial score (nSPS) is 15.2. The van der Waals surface area contributed by atoms with Crippen LogP contribution in [0.1, 0.15) is 19.8 Å². The van der Waals surface area contributed by atoms with Crippen LogP contribution in [0.2, 0.25) is 0 Å². The van der Waals surface area contributed by atoms with Crippen LogP contribution in [-0.4, -0.2) is 37.9 Å². The van der Waals surface area contributed by atoms with E-state index in [9.17, 15) is 17.6 Å². The van der Waals surface area contributed by atoms with Gasteiger partial charge in [-0.15, -0.1) is 0 Å². The lowest BCUT2D eigenvalue weighted by Gasteiger charge is -2.21. The predicted molar refractivity (Wildman–Crippen MR) is 77.6 cm³/mol. The van der Waals surface area contributed by atoms with E-state index in [0.717, 1.165) is 16.4 Å². The molecule has 0 N–H and O–H groups in total. The van der Waals surface area contributed by atoms with Crippen molar-refractivity contribution in [1.29, 1.82) is 0 Å². The molecular formula is C13H15BrFNO4S. The van der Waals surface area contributed by atoms with Crippen molar-refractivity contribution >= 4 is 31.9 Å². The van der Waals surface area contributed by atoms with Crippen LogP contribution in [0, 0.1) is 5.82 Å². The molecule has 1 aliphatic rings. The van der Waals surface area contributed by atoms with Gasteiger partial charge in [0.1, 0.15) is 12.4 Å². The Labute approximate surface area is 131 Å². The number of carbonyl (C=O) groups is 1. The lowest BCUT2D eigenvalue weighted by molar-refractivity contribution is -0.143. The summed E-state index contributed by atoms with van der Waals surface area (Å²) in [6.07, 6.45) is 1.41. The summed E-state index contributed by atoms with van der Waals surface area (Å²) >= 11 is 3.06. The molecule has 116 valence electrons. The molecule has 0 spiro atoms. The average Bonchev–Trinajstić information content (AvgIpc) is 3.19. The third kappa shape index (κ3) is 3.81. The van der Waals surface area contributed by atoms with Crippen molar-refractivity contribution < 1.29 is 22.3 Å². The summed E-state index contributed by atoms with van der Waals surface area (Å²) in [4.78, 5) is 11.5. The zero-order valence-corrected chi connectivity index (χ0v) is 13.8. The average molecular weight is 380 g/mol. The predicted octanol–water partition coefficient (Wildman–Crippen LogP) is 2.30. The third-order valence-electron chi connectivity index (χ3n) is 3.02. The second kappa shape index (κ2) is 6.41. The molecule has 8 heteroatoms. The number of hydrogen-bond acceptors (Lipinski definition) is 4. The zero-order valence-electron chi connectivity index (χ0n) is 11.4. The fraction of sp³-hybridized carbons (Fsp3) is 0.462. The van der Waals surface area contributed by atoms with Crippen molar-refractivity contribution in [3.05, 3.63) is 28.5 Å². The molecular weight excluding hydrogens is 365 g/mol. The summed E-state index contributed by atoms with van der Waals surface area (Å²) in [5, 5.41) is 0. The Kier molecular flexibility index (Phi) is 5.00. The van der Waals surface area contributed by atoms with E-state index in [1.807, 2.05) is 0 Å². The van der Waals surface area contributed by atoms with E-state index in [1.54, 1.807) is 6.92 Å². The number of halogens is 2. The summed E-state index contributed by atoms with van der Waals surface area (Å²) in [5.74, 6) is -1.13. The van der Waals surface area contributed by atoms with Crippen molar-refractivity contribution in [3.63, 3.8) is 0 Å². The van der Waals surface area contributed by atoms with Crippen molar-refractivity contribution in [3.8, 4) is 0 Å². The van der Waals surface area contributed by atoms with Crippen LogP contribution in [0.25, 0.3) is 0 Å². The topological polar surface area (TPSA) is 63.7 Å². The van der Waals surface area contributed by atoms with Gasteiger partial charge in [-0.3, -0.25) is 4.79 Å². The first-order chi connectivity index (χ1) is 9.86. The lowest BCUT2D eigenvalue weighted by atomic mass is 10.3. The van der Waals surface area contributed by atoms with Crippen LogP contribution < -0.4 is 0 Å². The Hall–Kier alpha value is -0.990. The fourth-order valence-corrected chi connectivity index (χ4v) is 4.56. The van der Waals surface area contributed by atoms with E-state index < -0.39 is 21.8 Å². The van der Waals surface area contributed by atoms with Gasteiger partial charge in [-0.05, 0) is 53.9 Å². The molecule has 0 aromatic heterocycles. The molecule has 2 rings (SSSR count). The Morgan fingerprint density at radius 1 is 1.48 bits per heavy atom. The molecule has 0 radical (unpaired) electrons.